The first kappa shape index (κ1) is 10.5. The molecule has 0 aliphatic carbocycles. The van der Waals surface area contributed by atoms with Gasteiger partial charge in [-0.25, -0.2) is 7.14 Å². The van der Waals surface area contributed by atoms with Crippen LogP contribution in [0.1, 0.15) is 20.8 Å². The van der Waals surface area contributed by atoms with Crippen LogP contribution in [0.3, 0.4) is 0 Å². The Hall–Kier alpha value is 0.455. The second-order valence-corrected chi connectivity index (χ2v) is 8.21. The van der Waals surface area contributed by atoms with Gasteiger partial charge >= 0.3 is 0 Å². The average Bonchev–Trinajstić information content (AvgIpc) is 1.61. The molecule has 10 heavy (non-hydrogen) atoms. The van der Waals surface area contributed by atoms with E-state index in [1.165, 1.54) is 0 Å². The van der Waals surface area contributed by atoms with E-state index < -0.39 is 7.14 Å². The van der Waals surface area contributed by atoms with Gasteiger partial charge in [-0.15, -0.1) is 0 Å². The van der Waals surface area contributed by atoms with E-state index in [1.807, 2.05) is 0 Å². The van der Waals surface area contributed by atoms with Gasteiger partial charge in [0.2, 0.25) is 0 Å². The number of aliphatic hydroxyl groups excluding tert-OH is 1. The number of rotatable bonds is 2. The Kier molecular flexibility index (Phi) is 3.38. The summed E-state index contributed by atoms with van der Waals surface area (Å²) in [6.45, 7) is 8.71. The summed E-state index contributed by atoms with van der Waals surface area (Å²) in [5, 5.41) is 8.89. The van der Waals surface area contributed by atoms with Crippen LogP contribution < -0.4 is 0 Å². The van der Waals surface area contributed by atoms with E-state index in [-0.39, 0.29) is 11.8 Å². The van der Waals surface area contributed by atoms with Crippen molar-refractivity contribution in [1.82, 2.24) is 0 Å². The van der Waals surface area contributed by atoms with Crippen LogP contribution in [0.4, 0.5) is 0 Å². The Morgan fingerprint density at radius 2 is 1.80 bits per heavy atom. The predicted molar refractivity (Wildman–Crippen MR) is 50.3 cm³/mol. The SMILES string of the molecule is [B-][P+](C)(CCO)C(C)(C)C. The van der Waals surface area contributed by atoms with Gasteiger partial charge in [0.05, 0.1) is 6.61 Å². The molecular formula is C7H17BOP. The second kappa shape index (κ2) is 3.23. The van der Waals surface area contributed by atoms with E-state index in [4.69, 9.17) is 12.7 Å². The molecule has 0 saturated carbocycles. The standard InChI is InChI=1S/C7H17BOP/c1-7(2,3)10(4,8)6-5-9/h9H,5-6H2,1-4H3. The van der Waals surface area contributed by atoms with E-state index in [0.29, 0.717) is 0 Å². The summed E-state index contributed by atoms with van der Waals surface area (Å²) in [5.41, 5.74) is 0. The molecule has 3 heteroatoms. The molecule has 0 amide bonds. The van der Waals surface area contributed by atoms with Crippen molar-refractivity contribution in [1.29, 1.82) is 0 Å². The summed E-state index contributed by atoms with van der Waals surface area (Å²) in [5.74, 6) is 0. The van der Waals surface area contributed by atoms with Gasteiger partial charge in [-0.1, -0.05) is 0 Å². The molecule has 0 spiro atoms. The van der Waals surface area contributed by atoms with Crippen molar-refractivity contribution >= 4 is 14.7 Å². The first-order valence-corrected chi connectivity index (χ1v) is 6.05. The first-order chi connectivity index (χ1) is 4.31. The van der Waals surface area contributed by atoms with E-state index in [9.17, 15) is 0 Å². The Morgan fingerprint density at radius 1 is 1.40 bits per heavy atom. The minimum atomic E-state index is -1.38. The molecule has 1 unspecified atom stereocenters. The minimum Gasteiger partial charge on any atom is -0.393 e. The summed E-state index contributed by atoms with van der Waals surface area (Å²) < 4.78 is 0. The van der Waals surface area contributed by atoms with Crippen molar-refractivity contribution in [2.24, 2.45) is 0 Å². The maximum Gasteiger partial charge on any atom is 0.0724 e. The second-order valence-electron chi connectivity index (χ2n) is 3.89. The third-order valence-corrected chi connectivity index (χ3v) is 6.29. The van der Waals surface area contributed by atoms with E-state index >= 15 is 0 Å². The number of hydrogen-bond acceptors (Lipinski definition) is 1. The van der Waals surface area contributed by atoms with Crippen molar-refractivity contribution in [3.63, 3.8) is 0 Å². The largest absolute Gasteiger partial charge is 0.393 e. The lowest BCUT2D eigenvalue weighted by atomic mass is 10.3. The van der Waals surface area contributed by atoms with E-state index in [0.717, 1.165) is 6.16 Å². The van der Waals surface area contributed by atoms with E-state index in [2.05, 4.69) is 27.4 Å². The molecule has 3 radical (unpaired) electrons. The average molecular weight is 159 g/mol. The molecule has 0 aromatic heterocycles. The lowest BCUT2D eigenvalue weighted by molar-refractivity contribution is 0.320. The number of aliphatic hydroxyl groups is 1. The van der Waals surface area contributed by atoms with Crippen LogP contribution in [0.2, 0.25) is 0 Å². The van der Waals surface area contributed by atoms with Crippen molar-refractivity contribution in [3.8, 4) is 0 Å². The third kappa shape index (κ3) is 2.60. The van der Waals surface area contributed by atoms with Crippen molar-refractivity contribution in [3.05, 3.63) is 0 Å². The number of hydrogen-bond donors (Lipinski definition) is 1. The normalized spacial score (nSPS) is 18.6. The van der Waals surface area contributed by atoms with Gasteiger partial charge in [-0.2, -0.15) is 0 Å². The highest BCUT2D eigenvalue weighted by atomic mass is 31.2. The maximum atomic E-state index is 8.71. The molecule has 0 aliphatic heterocycles. The molecular weight excluding hydrogens is 142 g/mol. The lowest BCUT2D eigenvalue weighted by Gasteiger charge is -2.44. The van der Waals surface area contributed by atoms with Crippen molar-refractivity contribution in [2.75, 3.05) is 19.4 Å². The fourth-order valence-corrected chi connectivity index (χ4v) is 1.63. The monoisotopic (exact) mass is 159 g/mol. The zero-order chi connectivity index (χ0) is 8.41. The minimum absolute atomic E-state index is 0.176. The summed E-state index contributed by atoms with van der Waals surface area (Å²) in [7, 11) is 4.68. The molecule has 0 bridgehead atoms. The molecule has 0 fully saturated rings. The summed E-state index contributed by atoms with van der Waals surface area (Å²) in [4.78, 5) is 0. The Balaban J connectivity index is 4.10. The van der Waals surface area contributed by atoms with Gasteiger partial charge < -0.3 is 12.7 Å². The molecule has 0 aliphatic rings. The topological polar surface area (TPSA) is 20.2 Å². The van der Waals surface area contributed by atoms with Crippen LogP contribution >= 0.6 is 7.14 Å². The predicted octanol–water partition coefficient (Wildman–Crippen LogP) is 1.51. The molecule has 0 aromatic carbocycles. The van der Waals surface area contributed by atoms with Crippen LogP contribution in [0.15, 0.2) is 0 Å². The Bertz CT molecular complexity index is 107. The van der Waals surface area contributed by atoms with Gasteiger partial charge in [0, 0.05) is 18.0 Å². The van der Waals surface area contributed by atoms with Crippen LogP contribution in [0.25, 0.3) is 0 Å². The third-order valence-electron chi connectivity index (χ3n) is 2.10. The fourth-order valence-electron chi connectivity index (χ4n) is 0.543. The molecule has 0 heterocycles. The molecule has 1 atom stereocenters. The smallest absolute Gasteiger partial charge is 0.0724 e. The van der Waals surface area contributed by atoms with Gasteiger partial charge in [0.1, 0.15) is 0 Å². The molecule has 0 rings (SSSR count). The molecule has 1 nitrogen and oxygen atoms in total. The zero-order valence-electron chi connectivity index (χ0n) is 7.39. The zero-order valence-corrected chi connectivity index (χ0v) is 8.28. The lowest BCUT2D eigenvalue weighted by Crippen LogP contribution is -2.23. The fraction of sp³-hybridized carbons (Fsp3) is 1.00. The van der Waals surface area contributed by atoms with Crippen LogP contribution in [-0.4, -0.2) is 37.3 Å². The summed E-state index contributed by atoms with van der Waals surface area (Å²) in [6.07, 6.45) is 0.774. The highest BCUT2D eigenvalue weighted by Crippen LogP contribution is 2.60. The van der Waals surface area contributed by atoms with Crippen molar-refractivity contribution < 1.29 is 5.11 Å². The first-order valence-electron chi connectivity index (χ1n) is 3.56. The Morgan fingerprint density at radius 3 is 1.90 bits per heavy atom. The van der Waals surface area contributed by atoms with Crippen LogP contribution in [0.5, 0.6) is 0 Å². The molecule has 1 N–H and O–H groups in total. The van der Waals surface area contributed by atoms with Crippen molar-refractivity contribution in [2.45, 2.75) is 25.9 Å². The Labute approximate surface area is 65.9 Å². The van der Waals surface area contributed by atoms with Gasteiger partial charge in [-0.3, -0.25) is 0 Å². The molecule has 0 saturated heterocycles. The van der Waals surface area contributed by atoms with Crippen LogP contribution in [0, 0.1) is 0 Å². The molecule has 0 aromatic rings. The highest BCUT2D eigenvalue weighted by molar-refractivity contribution is 7.98. The van der Waals surface area contributed by atoms with Gasteiger partial charge in [-0.05, 0) is 20.8 Å². The van der Waals surface area contributed by atoms with E-state index in [1.54, 1.807) is 0 Å². The van der Waals surface area contributed by atoms with Crippen LogP contribution in [-0.2, 0) is 0 Å². The van der Waals surface area contributed by atoms with Gasteiger partial charge in [0.25, 0.3) is 0 Å². The molecule has 59 valence electrons. The van der Waals surface area contributed by atoms with Gasteiger partial charge in [0.15, 0.2) is 0 Å². The summed E-state index contributed by atoms with van der Waals surface area (Å²) in [6, 6.07) is 0. The summed E-state index contributed by atoms with van der Waals surface area (Å²) >= 11 is 0. The quantitative estimate of drug-likeness (QED) is 0.478. The highest BCUT2D eigenvalue weighted by Gasteiger charge is 2.27. The maximum absolute atomic E-state index is 8.71.